The van der Waals surface area contributed by atoms with Crippen molar-refractivity contribution in [3.63, 3.8) is 0 Å². The Bertz CT molecular complexity index is 848. The second kappa shape index (κ2) is 7.35. The summed E-state index contributed by atoms with van der Waals surface area (Å²) in [6.07, 6.45) is -1.01. The molecule has 0 spiro atoms. The number of phenols is 1. The third-order valence-electron chi connectivity index (χ3n) is 3.91. The van der Waals surface area contributed by atoms with Gasteiger partial charge in [-0.25, -0.2) is 4.79 Å². The van der Waals surface area contributed by atoms with Crippen LogP contribution in [0.1, 0.15) is 22.8 Å². The van der Waals surface area contributed by atoms with Crippen LogP contribution in [0.3, 0.4) is 0 Å². The van der Waals surface area contributed by atoms with Crippen molar-refractivity contribution in [3.05, 3.63) is 47.5 Å². The van der Waals surface area contributed by atoms with Gasteiger partial charge in [-0.1, -0.05) is 6.07 Å². The number of rotatable bonds is 4. The van der Waals surface area contributed by atoms with Gasteiger partial charge in [0.05, 0.1) is 5.56 Å². The summed E-state index contributed by atoms with van der Waals surface area (Å²) in [5.41, 5.74) is 1.33. The Morgan fingerprint density at radius 2 is 1.85 bits per heavy atom. The molecule has 1 aliphatic heterocycles. The van der Waals surface area contributed by atoms with E-state index in [2.05, 4.69) is 5.32 Å². The zero-order valence-corrected chi connectivity index (χ0v) is 14.4. The van der Waals surface area contributed by atoms with Crippen molar-refractivity contribution in [2.45, 2.75) is 20.0 Å². The van der Waals surface area contributed by atoms with Crippen molar-refractivity contribution >= 4 is 17.6 Å². The first-order valence-corrected chi connectivity index (χ1v) is 8.15. The van der Waals surface area contributed by atoms with E-state index in [1.807, 2.05) is 0 Å². The molecule has 0 aromatic heterocycles. The van der Waals surface area contributed by atoms with Gasteiger partial charge in [0.2, 0.25) is 0 Å². The molecule has 0 saturated carbocycles. The summed E-state index contributed by atoms with van der Waals surface area (Å²) < 4.78 is 16.0. The minimum atomic E-state index is -1.01. The van der Waals surface area contributed by atoms with Crippen LogP contribution in [-0.2, 0) is 9.53 Å². The number of aryl methyl sites for hydroxylation is 1. The molecule has 3 rings (SSSR count). The number of nitrogens with one attached hydrogen (secondary N) is 1. The van der Waals surface area contributed by atoms with Crippen molar-refractivity contribution in [2.75, 3.05) is 18.5 Å². The van der Waals surface area contributed by atoms with Crippen LogP contribution < -0.4 is 14.8 Å². The molecule has 2 aromatic rings. The molecule has 1 atom stereocenters. The fourth-order valence-electron chi connectivity index (χ4n) is 2.38. The number of anilines is 1. The number of phenolic OH excluding ortho intramolecular Hbond substituents is 1. The lowest BCUT2D eigenvalue weighted by Crippen LogP contribution is -2.30. The zero-order valence-electron chi connectivity index (χ0n) is 14.4. The van der Waals surface area contributed by atoms with E-state index in [0.717, 1.165) is 0 Å². The molecule has 2 N–H and O–H groups in total. The first kappa shape index (κ1) is 17.6. The molecule has 1 amide bonds. The Hall–Kier alpha value is -3.22. The lowest BCUT2D eigenvalue weighted by atomic mass is 10.1. The number of benzene rings is 2. The van der Waals surface area contributed by atoms with Crippen molar-refractivity contribution in [1.82, 2.24) is 0 Å². The predicted molar refractivity (Wildman–Crippen MR) is 93.8 cm³/mol. The quantitative estimate of drug-likeness (QED) is 0.817. The summed E-state index contributed by atoms with van der Waals surface area (Å²) in [5, 5.41) is 12.3. The minimum absolute atomic E-state index is 0.00664. The van der Waals surface area contributed by atoms with E-state index >= 15 is 0 Å². The molecule has 0 aliphatic carbocycles. The third kappa shape index (κ3) is 3.88. The average molecular weight is 357 g/mol. The first-order chi connectivity index (χ1) is 12.4. The van der Waals surface area contributed by atoms with Crippen LogP contribution in [0, 0.1) is 6.92 Å². The number of hydrogen-bond acceptors (Lipinski definition) is 6. The van der Waals surface area contributed by atoms with Gasteiger partial charge in [-0.2, -0.15) is 0 Å². The molecule has 136 valence electrons. The van der Waals surface area contributed by atoms with Crippen LogP contribution >= 0.6 is 0 Å². The van der Waals surface area contributed by atoms with Gasteiger partial charge >= 0.3 is 5.97 Å². The van der Waals surface area contributed by atoms with Crippen LogP contribution in [0.4, 0.5) is 5.69 Å². The Kier molecular flexibility index (Phi) is 4.97. The number of ether oxygens (including phenoxy) is 3. The van der Waals surface area contributed by atoms with Crippen molar-refractivity contribution < 1.29 is 28.9 Å². The van der Waals surface area contributed by atoms with E-state index in [-0.39, 0.29) is 11.3 Å². The summed E-state index contributed by atoms with van der Waals surface area (Å²) in [5.74, 6) is -0.00829. The van der Waals surface area contributed by atoms with Gasteiger partial charge in [0, 0.05) is 11.8 Å². The van der Waals surface area contributed by atoms with Gasteiger partial charge in [0.1, 0.15) is 19.0 Å². The second-order valence-electron chi connectivity index (χ2n) is 5.90. The van der Waals surface area contributed by atoms with E-state index in [9.17, 15) is 14.7 Å². The standard InChI is InChI=1S/C19H19NO6/c1-11-3-4-13(9-15(11)21)19(23)26-12(2)18(22)20-14-5-6-16-17(10-14)25-8-7-24-16/h3-6,9-10,12,21H,7-8H2,1-2H3,(H,20,22)/t12-/m0/s1. The Morgan fingerprint density at radius 3 is 2.58 bits per heavy atom. The summed E-state index contributed by atoms with van der Waals surface area (Å²) in [6, 6.07) is 9.48. The molecule has 0 unspecified atom stereocenters. The van der Waals surface area contributed by atoms with Crippen molar-refractivity contribution in [3.8, 4) is 17.2 Å². The number of fused-ring (bicyclic) bond motifs is 1. The van der Waals surface area contributed by atoms with E-state index in [1.165, 1.54) is 19.1 Å². The van der Waals surface area contributed by atoms with Crippen LogP contribution in [0.15, 0.2) is 36.4 Å². The number of aromatic hydroxyl groups is 1. The van der Waals surface area contributed by atoms with Crippen molar-refractivity contribution in [1.29, 1.82) is 0 Å². The highest BCUT2D eigenvalue weighted by molar-refractivity contribution is 5.97. The highest BCUT2D eigenvalue weighted by Gasteiger charge is 2.20. The number of carbonyl (C=O) groups excluding carboxylic acids is 2. The summed E-state index contributed by atoms with van der Waals surface area (Å²) >= 11 is 0. The first-order valence-electron chi connectivity index (χ1n) is 8.15. The van der Waals surface area contributed by atoms with Gasteiger partial charge < -0.3 is 24.6 Å². The number of amides is 1. The molecule has 0 radical (unpaired) electrons. The molecule has 1 heterocycles. The smallest absolute Gasteiger partial charge is 0.339 e. The highest BCUT2D eigenvalue weighted by Crippen LogP contribution is 2.32. The largest absolute Gasteiger partial charge is 0.508 e. The summed E-state index contributed by atoms with van der Waals surface area (Å²) in [4.78, 5) is 24.4. The lowest BCUT2D eigenvalue weighted by molar-refractivity contribution is -0.123. The molecule has 7 nitrogen and oxygen atoms in total. The molecule has 1 aliphatic rings. The SMILES string of the molecule is Cc1ccc(C(=O)O[C@@H](C)C(=O)Nc2ccc3c(c2)OCCO3)cc1O. The number of carbonyl (C=O) groups is 2. The van der Waals surface area contributed by atoms with E-state index in [1.54, 1.807) is 31.2 Å². The van der Waals surface area contributed by atoms with Gasteiger partial charge in [0.15, 0.2) is 17.6 Å². The third-order valence-corrected chi connectivity index (χ3v) is 3.91. The number of hydrogen-bond donors (Lipinski definition) is 2. The van der Waals surface area contributed by atoms with Crippen LogP contribution in [0.2, 0.25) is 0 Å². The zero-order chi connectivity index (χ0) is 18.7. The van der Waals surface area contributed by atoms with Gasteiger partial charge in [0.25, 0.3) is 5.91 Å². The maximum atomic E-state index is 12.3. The van der Waals surface area contributed by atoms with Gasteiger partial charge in [-0.05, 0) is 43.7 Å². The molecule has 0 saturated heterocycles. The molecule has 0 fully saturated rings. The molecular formula is C19H19NO6. The fraction of sp³-hybridized carbons (Fsp3) is 0.263. The maximum Gasteiger partial charge on any atom is 0.339 e. The topological polar surface area (TPSA) is 94.1 Å². The molecule has 0 bridgehead atoms. The van der Waals surface area contributed by atoms with Crippen LogP contribution in [-0.4, -0.2) is 36.3 Å². The van der Waals surface area contributed by atoms with E-state index in [0.29, 0.717) is 36.0 Å². The normalized spacial score (nSPS) is 13.6. The molecule has 2 aromatic carbocycles. The summed E-state index contributed by atoms with van der Waals surface area (Å²) in [7, 11) is 0. The second-order valence-corrected chi connectivity index (χ2v) is 5.90. The molecule has 7 heteroatoms. The monoisotopic (exact) mass is 357 g/mol. The highest BCUT2D eigenvalue weighted by atomic mass is 16.6. The van der Waals surface area contributed by atoms with E-state index < -0.39 is 18.0 Å². The van der Waals surface area contributed by atoms with Gasteiger partial charge in [-0.15, -0.1) is 0 Å². The Balaban J connectivity index is 1.62. The number of esters is 1. The molecule has 26 heavy (non-hydrogen) atoms. The van der Waals surface area contributed by atoms with Gasteiger partial charge in [-0.3, -0.25) is 4.79 Å². The van der Waals surface area contributed by atoms with E-state index in [4.69, 9.17) is 14.2 Å². The lowest BCUT2D eigenvalue weighted by Gasteiger charge is -2.19. The van der Waals surface area contributed by atoms with Crippen molar-refractivity contribution in [2.24, 2.45) is 0 Å². The molecular weight excluding hydrogens is 338 g/mol. The summed E-state index contributed by atoms with van der Waals surface area (Å²) in [6.45, 7) is 4.12. The Labute approximate surface area is 150 Å². The maximum absolute atomic E-state index is 12.3. The van der Waals surface area contributed by atoms with Crippen LogP contribution in [0.5, 0.6) is 17.2 Å². The minimum Gasteiger partial charge on any atom is -0.508 e. The Morgan fingerprint density at radius 1 is 1.12 bits per heavy atom. The van der Waals surface area contributed by atoms with Crippen LogP contribution in [0.25, 0.3) is 0 Å². The predicted octanol–water partition coefficient (Wildman–Crippen LogP) is 2.66. The average Bonchev–Trinajstić information content (AvgIpc) is 2.63. The fourth-order valence-corrected chi connectivity index (χ4v) is 2.38.